The molecular formula is C14H13F3N2O. The number of hydrogen-bond donors (Lipinski definition) is 2. The number of aliphatic hydroxyl groups excluding tert-OH is 1. The summed E-state index contributed by atoms with van der Waals surface area (Å²) in [6, 6.07) is 4.62. The lowest BCUT2D eigenvalue weighted by molar-refractivity contribution is 0.174. The minimum Gasteiger partial charge on any atom is -0.387 e. The van der Waals surface area contributed by atoms with E-state index >= 15 is 0 Å². The van der Waals surface area contributed by atoms with E-state index in [1.165, 1.54) is 0 Å². The number of hydrogen-bond acceptors (Lipinski definition) is 3. The molecule has 0 radical (unpaired) electrons. The van der Waals surface area contributed by atoms with Crippen molar-refractivity contribution in [2.75, 3.05) is 6.54 Å². The normalized spacial score (nSPS) is 12.4. The Kier molecular flexibility index (Phi) is 4.70. The first-order chi connectivity index (χ1) is 9.58. The standard InChI is InChI=1S/C14H13F3N2O/c15-11-6-13(17)12(16)5-10(11)7-19-8-14(20)9-1-3-18-4-2-9/h1-6,14,19-20H,7-8H2. The zero-order valence-electron chi connectivity index (χ0n) is 10.5. The lowest BCUT2D eigenvalue weighted by Gasteiger charge is -2.12. The van der Waals surface area contributed by atoms with E-state index in [0.29, 0.717) is 11.6 Å². The van der Waals surface area contributed by atoms with Gasteiger partial charge in [-0.25, -0.2) is 13.2 Å². The van der Waals surface area contributed by atoms with Gasteiger partial charge in [-0.3, -0.25) is 4.98 Å². The smallest absolute Gasteiger partial charge is 0.161 e. The average Bonchev–Trinajstić information content (AvgIpc) is 2.45. The highest BCUT2D eigenvalue weighted by Gasteiger charge is 2.11. The molecule has 1 aromatic carbocycles. The average molecular weight is 282 g/mol. The molecule has 1 atom stereocenters. The maximum absolute atomic E-state index is 13.4. The maximum atomic E-state index is 13.4. The lowest BCUT2D eigenvalue weighted by Crippen LogP contribution is -2.21. The van der Waals surface area contributed by atoms with Crippen LogP contribution in [0.1, 0.15) is 17.2 Å². The number of benzene rings is 1. The van der Waals surface area contributed by atoms with E-state index in [1.807, 2.05) is 0 Å². The van der Waals surface area contributed by atoms with Crippen LogP contribution in [0.2, 0.25) is 0 Å². The summed E-state index contributed by atoms with van der Waals surface area (Å²) in [5.41, 5.74) is 0.670. The molecule has 0 spiro atoms. The van der Waals surface area contributed by atoms with Gasteiger partial charge in [-0.1, -0.05) is 0 Å². The molecule has 0 saturated heterocycles. The largest absolute Gasteiger partial charge is 0.387 e. The summed E-state index contributed by atoms with van der Waals surface area (Å²) in [5, 5.41) is 12.6. The second-order valence-corrected chi connectivity index (χ2v) is 4.28. The summed E-state index contributed by atoms with van der Waals surface area (Å²) >= 11 is 0. The summed E-state index contributed by atoms with van der Waals surface area (Å²) in [4.78, 5) is 3.83. The number of rotatable bonds is 5. The van der Waals surface area contributed by atoms with Crippen molar-refractivity contribution in [3.8, 4) is 0 Å². The van der Waals surface area contributed by atoms with Gasteiger partial charge in [-0.2, -0.15) is 0 Å². The Labute approximate surface area is 114 Å². The Morgan fingerprint density at radius 2 is 1.70 bits per heavy atom. The highest BCUT2D eigenvalue weighted by molar-refractivity contribution is 5.20. The van der Waals surface area contributed by atoms with Crippen LogP contribution in [0, 0.1) is 17.5 Å². The summed E-state index contributed by atoms with van der Waals surface area (Å²) < 4.78 is 39.1. The molecule has 0 amide bonds. The van der Waals surface area contributed by atoms with E-state index in [4.69, 9.17) is 0 Å². The fraction of sp³-hybridized carbons (Fsp3) is 0.214. The van der Waals surface area contributed by atoms with Gasteiger partial charge in [-0.05, 0) is 23.8 Å². The summed E-state index contributed by atoms with van der Waals surface area (Å²) in [6.07, 6.45) is 2.31. The molecule has 1 heterocycles. The molecule has 2 N–H and O–H groups in total. The molecule has 106 valence electrons. The Morgan fingerprint density at radius 3 is 2.40 bits per heavy atom. The quantitative estimate of drug-likeness (QED) is 0.827. The first-order valence-corrected chi connectivity index (χ1v) is 6.00. The van der Waals surface area contributed by atoms with Gasteiger partial charge < -0.3 is 10.4 Å². The SMILES string of the molecule is OC(CNCc1cc(F)c(F)cc1F)c1ccncc1. The Balaban J connectivity index is 1.92. The van der Waals surface area contributed by atoms with E-state index in [2.05, 4.69) is 10.3 Å². The third kappa shape index (κ3) is 3.55. The highest BCUT2D eigenvalue weighted by Crippen LogP contribution is 2.14. The second kappa shape index (κ2) is 6.49. The monoisotopic (exact) mass is 282 g/mol. The van der Waals surface area contributed by atoms with Crippen LogP contribution in [-0.4, -0.2) is 16.6 Å². The molecule has 1 aromatic heterocycles. The van der Waals surface area contributed by atoms with Gasteiger partial charge in [0.1, 0.15) is 5.82 Å². The molecule has 2 aromatic rings. The fourth-order valence-corrected chi connectivity index (χ4v) is 1.75. The van der Waals surface area contributed by atoms with Crippen LogP contribution in [0.3, 0.4) is 0 Å². The number of nitrogens with one attached hydrogen (secondary N) is 1. The topological polar surface area (TPSA) is 45.1 Å². The third-order valence-corrected chi connectivity index (χ3v) is 2.83. The van der Waals surface area contributed by atoms with Crippen LogP contribution in [0.4, 0.5) is 13.2 Å². The van der Waals surface area contributed by atoms with Crippen molar-refractivity contribution in [2.24, 2.45) is 0 Å². The maximum Gasteiger partial charge on any atom is 0.161 e. The number of halogens is 3. The van der Waals surface area contributed by atoms with Crippen molar-refractivity contribution in [1.29, 1.82) is 0 Å². The summed E-state index contributed by atoms with van der Waals surface area (Å²) in [5.74, 6) is -3.14. The summed E-state index contributed by atoms with van der Waals surface area (Å²) in [6.45, 7) is 0.146. The fourth-order valence-electron chi connectivity index (χ4n) is 1.75. The molecule has 0 aliphatic heterocycles. The van der Waals surface area contributed by atoms with Crippen LogP contribution >= 0.6 is 0 Å². The molecule has 0 aliphatic carbocycles. The molecular weight excluding hydrogens is 269 g/mol. The molecule has 0 bridgehead atoms. The predicted octanol–water partition coefficient (Wildman–Crippen LogP) is 2.32. The Bertz CT molecular complexity index is 578. The van der Waals surface area contributed by atoms with Crippen molar-refractivity contribution >= 4 is 0 Å². The van der Waals surface area contributed by atoms with Crippen LogP contribution in [0.5, 0.6) is 0 Å². The molecule has 0 aliphatic rings. The molecule has 6 heteroatoms. The molecule has 3 nitrogen and oxygen atoms in total. The summed E-state index contributed by atoms with van der Waals surface area (Å²) in [7, 11) is 0. The van der Waals surface area contributed by atoms with Crippen LogP contribution < -0.4 is 5.32 Å². The first kappa shape index (κ1) is 14.5. The van der Waals surface area contributed by atoms with Crippen molar-refractivity contribution in [3.63, 3.8) is 0 Å². The van der Waals surface area contributed by atoms with Gasteiger partial charge in [0.25, 0.3) is 0 Å². The predicted molar refractivity (Wildman–Crippen MR) is 67.2 cm³/mol. The van der Waals surface area contributed by atoms with Crippen LogP contribution in [0.25, 0.3) is 0 Å². The van der Waals surface area contributed by atoms with E-state index in [0.717, 1.165) is 6.07 Å². The Hall–Kier alpha value is -1.92. The van der Waals surface area contributed by atoms with Gasteiger partial charge in [0.15, 0.2) is 11.6 Å². The molecule has 0 fully saturated rings. The van der Waals surface area contributed by atoms with Crippen molar-refractivity contribution < 1.29 is 18.3 Å². The second-order valence-electron chi connectivity index (χ2n) is 4.28. The minimum absolute atomic E-state index is 0.00540. The number of aromatic nitrogens is 1. The van der Waals surface area contributed by atoms with Gasteiger partial charge in [0.2, 0.25) is 0 Å². The van der Waals surface area contributed by atoms with E-state index in [-0.39, 0.29) is 18.7 Å². The number of nitrogens with zero attached hydrogens (tertiary/aromatic N) is 1. The van der Waals surface area contributed by atoms with Crippen LogP contribution in [0.15, 0.2) is 36.7 Å². The molecule has 0 saturated carbocycles. The lowest BCUT2D eigenvalue weighted by atomic mass is 10.1. The van der Waals surface area contributed by atoms with Crippen LogP contribution in [-0.2, 0) is 6.54 Å². The molecule has 1 unspecified atom stereocenters. The highest BCUT2D eigenvalue weighted by atomic mass is 19.2. The zero-order chi connectivity index (χ0) is 14.5. The number of pyridine rings is 1. The van der Waals surface area contributed by atoms with Crippen molar-refractivity contribution in [1.82, 2.24) is 10.3 Å². The van der Waals surface area contributed by atoms with E-state index < -0.39 is 23.6 Å². The minimum atomic E-state index is -1.22. The van der Waals surface area contributed by atoms with Crippen molar-refractivity contribution in [2.45, 2.75) is 12.6 Å². The van der Waals surface area contributed by atoms with E-state index in [1.54, 1.807) is 24.5 Å². The van der Waals surface area contributed by atoms with Gasteiger partial charge >= 0.3 is 0 Å². The molecule has 20 heavy (non-hydrogen) atoms. The van der Waals surface area contributed by atoms with E-state index in [9.17, 15) is 18.3 Å². The van der Waals surface area contributed by atoms with Gasteiger partial charge in [-0.15, -0.1) is 0 Å². The van der Waals surface area contributed by atoms with Gasteiger partial charge in [0, 0.05) is 37.1 Å². The zero-order valence-corrected chi connectivity index (χ0v) is 10.5. The third-order valence-electron chi connectivity index (χ3n) is 2.83. The van der Waals surface area contributed by atoms with Gasteiger partial charge in [0.05, 0.1) is 6.10 Å². The molecule has 2 rings (SSSR count). The Morgan fingerprint density at radius 1 is 1.05 bits per heavy atom. The first-order valence-electron chi connectivity index (χ1n) is 6.00. The number of aliphatic hydroxyl groups is 1. The van der Waals surface area contributed by atoms with Crippen molar-refractivity contribution in [3.05, 3.63) is 65.2 Å².